The molecule has 0 spiro atoms. The van der Waals surface area contributed by atoms with E-state index in [0.717, 1.165) is 5.56 Å². The number of esters is 1. The summed E-state index contributed by atoms with van der Waals surface area (Å²) in [4.78, 5) is 20.5. The smallest absolute Gasteiger partial charge is 0.361 e. The summed E-state index contributed by atoms with van der Waals surface area (Å²) in [5, 5.41) is 0. The minimum Gasteiger partial charge on any atom is -0.497 e. The van der Waals surface area contributed by atoms with Crippen LogP contribution >= 0.6 is 0 Å². The molecule has 0 aliphatic rings. The maximum absolute atomic E-state index is 12.2. The molecule has 0 saturated heterocycles. The van der Waals surface area contributed by atoms with Crippen LogP contribution in [-0.4, -0.2) is 29.7 Å². The Bertz CT molecular complexity index is 826. The van der Waals surface area contributed by atoms with Crippen molar-refractivity contribution in [3.63, 3.8) is 0 Å². The van der Waals surface area contributed by atoms with Crippen LogP contribution < -0.4 is 4.74 Å². The molecule has 0 unspecified atom stereocenters. The second-order valence-electron chi connectivity index (χ2n) is 4.88. The largest absolute Gasteiger partial charge is 0.497 e. The minimum absolute atomic E-state index is 0.147. The van der Waals surface area contributed by atoms with Crippen LogP contribution in [0.15, 0.2) is 53.2 Å². The molecule has 122 valence electrons. The third-order valence-electron chi connectivity index (χ3n) is 3.38. The van der Waals surface area contributed by atoms with Crippen molar-refractivity contribution >= 4 is 5.97 Å². The summed E-state index contributed by atoms with van der Waals surface area (Å²) in [6.07, 6.45) is 3.27. The van der Waals surface area contributed by atoms with Crippen LogP contribution in [-0.2, 0) is 4.74 Å². The van der Waals surface area contributed by atoms with Crippen LogP contribution in [0.25, 0.3) is 22.8 Å². The van der Waals surface area contributed by atoms with Gasteiger partial charge >= 0.3 is 5.97 Å². The molecule has 6 nitrogen and oxygen atoms in total. The number of ether oxygens (including phenoxy) is 2. The van der Waals surface area contributed by atoms with Crippen molar-refractivity contribution in [3.05, 3.63) is 54.5 Å². The van der Waals surface area contributed by atoms with Crippen molar-refractivity contribution in [1.29, 1.82) is 0 Å². The van der Waals surface area contributed by atoms with E-state index >= 15 is 0 Å². The molecule has 0 fully saturated rings. The molecule has 1 aromatic carbocycles. The van der Waals surface area contributed by atoms with Crippen molar-refractivity contribution in [2.24, 2.45) is 0 Å². The summed E-state index contributed by atoms with van der Waals surface area (Å²) < 4.78 is 16.1. The highest BCUT2D eigenvalue weighted by Crippen LogP contribution is 2.31. The predicted octanol–water partition coefficient (Wildman–Crippen LogP) is 3.59. The number of oxazole rings is 1. The molecule has 0 N–H and O–H groups in total. The molecule has 3 aromatic rings. The normalized spacial score (nSPS) is 10.4. The lowest BCUT2D eigenvalue weighted by molar-refractivity contribution is 0.0520. The maximum atomic E-state index is 12.2. The number of carbonyl (C=O) groups is 1. The lowest BCUT2D eigenvalue weighted by atomic mass is 10.1. The lowest BCUT2D eigenvalue weighted by Gasteiger charge is -2.03. The fourth-order valence-electron chi connectivity index (χ4n) is 2.21. The summed E-state index contributed by atoms with van der Waals surface area (Å²) in [7, 11) is 1.59. The molecule has 0 aliphatic heterocycles. The van der Waals surface area contributed by atoms with Crippen LogP contribution in [0.4, 0.5) is 0 Å². The van der Waals surface area contributed by atoms with Gasteiger partial charge in [0, 0.05) is 23.5 Å². The Morgan fingerprint density at radius 1 is 1.08 bits per heavy atom. The lowest BCUT2D eigenvalue weighted by Crippen LogP contribution is -2.06. The monoisotopic (exact) mass is 324 g/mol. The van der Waals surface area contributed by atoms with Gasteiger partial charge in [-0.3, -0.25) is 4.98 Å². The Balaban J connectivity index is 2.08. The first-order valence-electron chi connectivity index (χ1n) is 7.45. The Kier molecular flexibility index (Phi) is 4.56. The quantitative estimate of drug-likeness (QED) is 0.668. The molecular weight excluding hydrogens is 308 g/mol. The number of hydrogen-bond acceptors (Lipinski definition) is 6. The number of aromatic nitrogens is 2. The number of carbonyl (C=O) groups excluding carboxylic acids is 1. The second-order valence-corrected chi connectivity index (χ2v) is 4.88. The maximum Gasteiger partial charge on any atom is 0.361 e. The zero-order valence-electron chi connectivity index (χ0n) is 13.4. The first-order chi connectivity index (χ1) is 11.7. The highest BCUT2D eigenvalue weighted by Gasteiger charge is 2.23. The van der Waals surface area contributed by atoms with E-state index in [2.05, 4.69) is 9.97 Å². The summed E-state index contributed by atoms with van der Waals surface area (Å²) >= 11 is 0. The zero-order valence-corrected chi connectivity index (χ0v) is 13.4. The van der Waals surface area contributed by atoms with Gasteiger partial charge in [0.25, 0.3) is 0 Å². The molecule has 0 saturated carbocycles. The molecular formula is C18H16N2O4. The third kappa shape index (κ3) is 3.12. The summed E-state index contributed by atoms with van der Waals surface area (Å²) in [6, 6.07) is 10.7. The number of methoxy groups -OCH3 is 1. The Morgan fingerprint density at radius 3 is 2.42 bits per heavy atom. The molecule has 24 heavy (non-hydrogen) atoms. The van der Waals surface area contributed by atoms with Gasteiger partial charge in [-0.1, -0.05) is 0 Å². The van der Waals surface area contributed by atoms with Gasteiger partial charge in [0.05, 0.1) is 13.7 Å². The predicted molar refractivity (Wildman–Crippen MR) is 87.7 cm³/mol. The van der Waals surface area contributed by atoms with Gasteiger partial charge in [0.1, 0.15) is 5.75 Å². The number of nitrogens with zero attached hydrogens (tertiary/aromatic N) is 2. The third-order valence-corrected chi connectivity index (χ3v) is 3.38. The second kappa shape index (κ2) is 6.95. The van der Waals surface area contributed by atoms with Crippen molar-refractivity contribution in [3.8, 4) is 28.5 Å². The molecule has 0 radical (unpaired) electrons. The van der Waals surface area contributed by atoms with Crippen LogP contribution in [0.2, 0.25) is 0 Å². The molecule has 6 heteroatoms. The Morgan fingerprint density at radius 2 is 1.79 bits per heavy atom. The first kappa shape index (κ1) is 15.7. The van der Waals surface area contributed by atoms with E-state index in [1.807, 2.05) is 0 Å². The van der Waals surface area contributed by atoms with Crippen LogP contribution in [0, 0.1) is 0 Å². The van der Waals surface area contributed by atoms with E-state index in [-0.39, 0.29) is 12.3 Å². The van der Waals surface area contributed by atoms with E-state index in [9.17, 15) is 4.79 Å². The van der Waals surface area contributed by atoms with Crippen molar-refractivity contribution in [1.82, 2.24) is 9.97 Å². The SMILES string of the molecule is CCOC(=O)c1nc(-c2ccncc2)oc1-c1ccc(OC)cc1. The van der Waals surface area contributed by atoms with E-state index in [1.54, 1.807) is 62.8 Å². The Hall–Kier alpha value is -3.15. The van der Waals surface area contributed by atoms with Crippen molar-refractivity contribution in [2.45, 2.75) is 6.92 Å². The number of rotatable bonds is 5. The van der Waals surface area contributed by atoms with Gasteiger partial charge in [-0.2, -0.15) is 0 Å². The molecule has 0 bridgehead atoms. The van der Waals surface area contributed by atoms with Gasteiger partial charge in [0.15, 0.2) is 11.5 Å². The van der Waals surface area contributed by atoms with Gasteiger partial charge in [-0.05, 0) is 43.3 Å². The first-order valence-corrected chi connectivity index (χ1v) is 7.45. The fourth-order valence-corrected chi connectivity index (χ4v) is 2.21. The van der Waals surface area contributed by atoms with Crippen molar-refractivity contribution < 1.29 is 18.7 Å². The van der Waals surface area contributed by atoms with Gasteiger partial charge in [-0.25, -0.2) is 9.78 Å². The summed E-state index contributed by atoms with van der Waals surface area (Å²) in [5.74, 6) is 0.895. The Labute approximate surface area is 139 Å². The molecule has 2 aromatic heterocycles. The average molecular weight is 324 g/mol. The van der Waals surface area contributed by atoms with E-state index in [0.29, 0.717) is 23.0 Å². The number of benzene rings is 1. The average Bonchev–Trinajstić information content (AvgIpc) is 3.08. The van der Waals surface area contributed by atoms with E-state index in [4.69, 9.17) is 13.9 Å². The summed E-state index contributed by atoms with van der Waals surface area (Å²) in [6.45, 7) is 2.01. The highest BCUT2D eigenvalue weighted by atomic mass is 16.5. The topological polar surface area (TPSA) is 74.5 Å². The highest BCUT2D eigenvalue weighted by molar-refractivity contribution is 5.94. The summed E-state index contributed by atoms with van der Waals surface area (Å²) in [5.41, 5.74) is 1.59. The minimum atomic E-state index is -0.521. The van der Waals surface area contributed by atoms with Gasteiger partial charge in [-0.15, -0.1) is 0 Å². The number of hydrogen-bond donors (Lipinski definition) is 0. The standard InChI is InChI=1S/C18H16N2O4/c1-3-23-18(21)15-16(12-4-6-14(22-2)7-5-12)24-17(20-15)13-8-10-19-11-9-13/h4-11H,3H2,1-2H3. The molecule has 2 heterocycles. The molecule has 0 amide bonds. The number of pyridine rings is 1. The molecule has 0 atom stereocenters. The van der Waals surface area contributed by atoms with Crippen LogP contribution in [0.5, 0.6) is 5.75 Å². The van der Waals surface area contributed by atoms with Gasteiger partial charge < -0.3 is 13.9 Å². The fraction of sp³-hybridized carbons (Fsp3) is 0.167. The molecule has 3 rings (SSSR count). The van der Waals surface area contributed by atoms with Gasteiger partial charge in [0.2, 0.25) is 5.89 Å². The van der Waals surface area contributed by atoms with E-state index in [1.165, 1.54) is 0 Å². The van der Waals surface area contributed by atoms with Crippen LogP contribution in [0.1, 0.15) is 17.4 Å². The van der Waals surface area contributed by atoms with Crippen molar-refractivity contribution in [2.75, 3.05) is 13.7 Å². The van der Waals surface area contributed by atoms with E-state index < -0.39 is 5.97 Å². The zero-order chi connectivity index (χ0) is 16.9. The van der Waals surface area contributed by atoms with Crippen LogP contribution in [0.3, 0.4) is 0 Å². The molecule has 0 aliphatic carbocycles.